The van der Waals surface area contributed by atoms with Crippen LogP contribution in [0.1, 0.15) is 38.7 Å². The molecular formula is C15H22ClN. The number of benzene rings is 1. The summed E-state index contributed by atoms with van der Waals surface area (Å²) in [6.45, 7) is 7.00. The quantitative estimate of drug-likeness (QED) is 0.715. The third kappa shape index (κ3) is 2.44. The molecule has 0 saturated carbocycles. The van der Waals surface area contributed by atoms with Gasteiger partial charge in [-0.05, 0) is 36.3 Å². The zero-order valence-electron chi connectivity index (χ0n) is 10.9. The molecule has 0 spiro atoms. The lowest BCUT2D eigenvalue weighted by Crippen LogP contribution is -2.26. The van der Waals surface area contributed by atoms with Gasteiger partial charge in [0.2, 0.25) is 0 Å². The number of nitrogens with zero attached hydrogens (tertiary/aromatic N) is 1. The van der Waals surface area contributed by atoms with Gasteiger partial charge in [0, 0.05) is 24.7 Å². The molecule has 1 saturated heterocycles. The van der Waals surface area contributed by atoms with Gasteiger partial charge in [-0.3, -0.25) is 0 Å². The molecule has 0 aliphatic carbocycles. The van der Waals surface area contributed by atoms with Crippen molar-refractivity contribution in [1.82, 2.24) is 0 Å². The summed E-state index contributed by atoms with van der Waals surface area (Å²) in [7, 11) is 0. The van der Waals surface area contributed by atoms with Crippen molar-refractivity contribution in [3.63, 3.8) is 0 Å². The molecule has 0 N–H and O–H groups in total. The van der Waals surface area contributed by atoms with Crippen molar-refractivity contribution in [2.75, 3.05) is 18.0 Å². The van der Waals surface area contributed by atoms with Crippen molar-refractivity contribution in [3.05, 3.63) is 29.8 Å². The minimum absolute atomic E-state index is 0.527. The summed E-state index contributed by atoms with van der Waals surface area (Å²) in [6, 6.07) is 8.53. The Morgan fingerprint density at radius 2 is 1.94 bits per heavy atom. The van der Waals surface area contributed by atoms with Crippen LogP contribution in [0.3, 0.4) is 0 Å². The average molecular weight is 252 g/mol. The summed E-state index contributed by atoms with van der Waals surface area (Å²) >= 11 is 6.02. The molecular weight excluding hydrogens is 230 g/mol. The lowest BCUT2D eigenvalue weighted by molar-refractivity contribution is 0.301. The summed E-state index contributed by atoms with van der Waals surface area (Å²) in [6.07, 6.45) is 3.88. The molecule has 2 heteroatoms. The SMILES string of the molecule is CCC1(CC)CCN(c2ccccc2CCl)C1. The number of para-hydroxylation sites is 1. The molecule has 1 nitrogen and oxygen atoms in total. The van der Waals surface area contributed by atoms with E-state index < -0.39 is 0 Å². The Hall–Kier alpha value is -0.690. The van der Waals surface area contributed by atoms with Crippen molar-refractivity contribution in [3.8, 4) is 0 Å². The lowest BCUT2D eigenvalue weighted by atomic mass is 9.82. The molecule has 0 unspecified atom stereocenters. The molecule has 1 aromatic rings. The van der Waals surface area contributed by atoms with Gasteiger partial charge in [-0.25, -0.2) is 0 Å². The zero-order chi connectivity index (χ0) is 12.3. The van der Waals surface area contributed by atoms with E-state index in [9.17, 15) is 0 Å². The molecule has 0 aromatic heterocycles. The second-order valence-corrected chi connectivity index (χ2v) is 5.41. The Morgan fingerprint density at radius 3 is 2.53 bits per heavy atom. The maximum atomic E-state index is 6.02. The highest BCUT2D eigenvalue weighted by atomic mass is 35.5. The van der Waals surface area contributed by atoms with Gasteiger partial charge in [0.25, 0.3) is 0 Å². The van der Waals surface area contributed by atoms with Gasteiger partial charge in [0.15, 0.2) is 0 Å². The first kappa shape index (κ1) is 12.8. The van der Waals surface area contributed by atoms with Crippen LogP contribution < -0.4 is 4.90 Å². The maximum Gasteiger partial charge on any atom is 0.0494 e. The third-order valence-electron chi connectivity index (χ3n) is 4.41. The van der Waals surface area contributed by atoms with Crippen LogP contribution in [0.5, 0.6) is 0 Å². The van der Waals surface area contributed by atoms with Crippen LogP contribution in [0.4, 0.5) is 5.69 Å². The molecule has 0 bridgehead atoms. The Bertz CT molecular complexity index is 371. The van der Waals surface area contributed by atoms with Crippen LogP contribution in [0.15, 0.2) is 24.3 Å². The topological polar surface area (TPSA) is 3.24 Å². The van der Waals surface area contributed by atoms with Gasteiger partial charge < -0.3 is 4.90 Å². The molecule has 1 aromatic carbocycles. The molecule has 1 aliphatic rings. The first-order chi connectivity index (χ1) is 8.24. The van der Waals surface area contributed by atoms with Gasteiger partial charge in [-0.1, -0.05) is 32.0 Å². The van der Waals surface area contributed by atoms with Crippen molar-refractivity contribution in [2.45, 2.75) is 39.0 Å². The minimum atomic E-state index is 0.527. The van der Waals surface area contributed by atoms with Crippen LogP contribution in [-0.2, 0) is 5.88 Å². The van der Waals surface area contributed by atoms with Crippen molar-refractivity contribution in [2.24, 2.45) is 5.41 Å². The molecule has 2 rings (SSSR count). The van der Waals surface area contributed by atoms with E-state index in [1.165, 1.54) is 43.6 Å². The Kier molecular flexibility index (Phi) is 3.98. The highest BCUT2D eigenvalue weighted by molar-refractivity contribution is 6.17. The Morgan fingerprint density at radius 1 is 1.24 bits per heavy atom. The lowest BCUT2D eigenvalue weighted by Gasteiger charge is -2.28. The third-order valence-corrected chi connectivity index (χ3v) is 4.70. The molecule has 0 atom stereocenters. The van der Waals surface area contributed by atoms with Gasteiger partial charge in [0.05, 0.1) is 0 Å². The second-order valence-electron chi connectivity index (χ2n) is 5.14. The van der Waals surface area contributed by atoms with E-state index in [0.717, 1.165) is 0 Å². The molecule has 1 heterocycles. The molecule has 0 radical (unpaired) electrons. The first-order valence-corrected chi connectivity index (χ1v) is 7.17. The summed E-state index contributed by atoms with van der Waals surface area (Å²) in [5.74, 6) is 0.609. The second kappa shape index (κ2) is 5.30. The number of hydrogen-bond donors (Lipinski definition) is 0. The smallest absolute Gasteiger partial charge is 0.0494 e. The van der Waals surface area contributed by atoms with Crippen molar-refractivity contribution < 1.29 is 0 Å². The van der Waals surface area contributed by atoms with Crippen LogP contribution in [0, 0.1) is 5.41 Å². The molecule has 1 aliphatic heterocycles. The number of anilines is 1. The average Bonchev–Trinajstić information content (AvgIpc) is 2.83. The van der Waals surface area contributed by atoms with E-state index in [1.807, 2.05) is 0 Å². The highest BCUT2D eigenvalue weighted by Gasteiger charge is 2.35. The Balaban J connectivity index is 2.20. The van der Waals surface area contributed by atoms with E-state index in [1.54, 1.807) is 0 Å². The normalized spacial score (nSPS) is 18.6. The monoisotopic (exact) mass is 251 g/mol. The fourth-order valence-electron chi connectivity index (χ4n) is 2.90. The van der Waals surface area contributed by atoms with Gasteiger partial charge in [-0.2, -0.15) is 0 Å². The predicted octanol–water partition coefficient (Wildman–Crippen LogP) is 4.44. The van der Waals surface area contributed by atoms with E-state index in [4.69, 9.17) is 11.6 Å². The number of alkyl halides is 1. The standard InChI is InChI=1S/C15H22ClN/c1-3-15(4-2)9-10-17(12-15)14-8-6-5-7-13(14)11-16/h5-8H,3-4,9-12H2,1-2H3. The molecule has 94 valence electrons. The Labute approximate surface area is 110 Å². The fraction of sp³-hybridized carbons (Fsp3) is 0.600. The van der Waals surface area contributed by atoms with Crippen LogP contribution in [0.2, 0.25) is 0 Å². The number of halogens is 1. The molecule has 1 fully saturated rings. The van der Waals surface area contributed by atoms with E-state index in [0.29, 0.717) is 11.3 Å². The van der Waals surface area contributed by atoms with Crippen molar-refractivity contribution >= 4 is 17.3 Å². The summed E-state index contributed by atoms with van der Waals surface area (Å²) < 4.78 is 0. The predicted molar refractivity (Wildman–Crippen MR) is 75.8 cm³/mol. The fourth-order valence-corrected chi connectivity index (χ4v) is 3.13. The van der Waals surface area contributed by atoms with Crippen LogP contribution >= 0.6 is 11.6 Å². The minimum Gasteiger partial charge on any atom is -0.371 e. The largest absolute Gasteiger partial charge is 0.371 e. The van der Waals surface area contributed by atoms with Gasteiger partial charge in [0.1, 0.15) is 0 Å². The van der Waals surface area contributed by atoms with Gasteiger partial charge >= 0.3 is 0 Å². The number of rotatable bonds is 4. The van der Waals surface area contributed by atoms with E-state index in [-0.39, 0.29) is 0 Å². The first-order valence-electron chi connectivity index (χ1n) is 6.63. The highest BCUT2D eigenvalue weighted by Crippen LogP contribution is 2.39. The van der Waals surface area contributed by atoms with Crippen molar-refractivity contribution in [1.29, 1.82) is 0 Å². The van der Waals surface area contributed by atoms with Gasteiger partial charge in [-0.15, -0.1) is 11.6 Å². The summed E-state index contributed by atoms with van der Waals surface area (Å²) in [5, 5.41) is 0. The molecule has 0 amide bonds. The van der Waals surface area contributed by atoms with Crippen LogP contribution in [-0.4, -0.2) is 13.1 Å². The molecule has 17 heavy (non-hydrogen) atoms. The zero-order valence-corrected chi connectivity index (χ0v) is 11.6. The number of hydrogen-bond acceptors (Lipinski definition) is 1. The summed E-state index contributed by atoms with van der Waals surface area (Å²) in [5.41, 5.74) is 3.13. The van der Waals surface area contributed by atoms with Crippen LogP contribution in [0.25, 0.3) is 0 Å². The maximum absolute atomic E-state index is 6.02. The van der Waals surface area contributed by atoms with E-state index >= 15 is 0 Å². The summed E-state index contributed by atoms with van der Waals surface area (Å²) in [4.78, 5) is 2.52. The van der Waals surface area contributed by atoms with E-state index in [2.05, 4.69) is 43.0 Å².